The van der Waals surface area contributed by atoms with Gasteiger partial charge < -0.3 is 9.47 Å². The number of carbonyl (C=O) groups is 1. The van der Waals surface area contributed by atoms with Gasteiger partial charge in [0.25, 0.3) is 5.56 Å². The van der Waals surface area contributed by atoms with Crippen LogP contribution in [0.1, 0.15) is 18.4 Å². The van der Waals surface area contributed by atoms with E-state index < -0.39 is 0 Å². The molecule has 3 rings (SSSR count). The van der Waals surface area contributed by atoms with Crippen molar-refractivity contribution in [1.82, 2.24) is 9.47 Å². The van der Waals surface area contributed by atoms with Crippen molar-refractivity contribution in [3.05, 3.63) is 70.6 Å². The lowest BCUT2D eigenvalue weighted by atomic mass is 10.0. The van der Waals surface area contributed by atoms with Gasteiger partial charge in [-0.25, -0.2) is 0 Å². The van der Waals surface area contributed by atoms with E-state index in [1.54, 1.807) is 18.3 Å². The number of rotatable bonds is 4. The highest BCUT2D eigenvalue weighted by Gasteiger charge is 2.28. The van der Waals surface area contributed by atoms with E-state index in [4.69, 9.17) is 0 Å². The van der Waals surface area contributed by atoms with E-state index in [1.165, 1.54) is 16.2 Å². The predicted octanol–water partition coefficient (Wildman–Crippen LogP) is 2.08. The molecule has 1 amide bonds. The van der Waals surface area contributed by atoms with Crippen LogP contribution in [-0.4, -0.2) is 28.0 Å². The Morgan fingerprint density at radius 3 is 2.64 bits per heavy atom. The minimum absolute atomic E-state index is 0.0340. The summed E-state index contributed by atoms with van der Waals surface area (Å²) in [7, 11) is 0. The molecule has 0 saturated carbocycles. The number of hydrogen-bond donors (Lipinski definition) is 0. The Bertz CT molecular complexity index is 693. The predicted molar refractivity (Wildman–Crippen MR) is 85.6 cm³/mol. The van der Waals surface area contributed by atoms with Crippen LogP contribution in [0, 0.1) is 0 Å². The molecule has 1 aromatic heterocycles. The Hall–Kier alpha value is -2.36. The van der Waals surface area contributed by atoms with Gasteiger partial charge in [0.15, 0.2) is 0 Å². The quantitative estimate of drug-likeness (QED) is 0.867. The van der Waals surface area contributed by atoms with Crippen LogP contribution in [0.25, 0.3) is 0 Å². The zero-order valence-corrected chi connectivity index (χ0v) is 12.5. The van der Waals surface area contributed by atoms with Gasteiger partial charge in [-0.3, -0.25) is 9.59 Å². The summed E-state index contributed by atoms with van der Waals surface area (Å²) in [5.74, 6) is 0.0340. The minimum Gasteiger partial charge on any atom is -0.338 e. The van der Waals surface area contributed by atoms with Gasteiger partial charge in [0.1, 0.15) is 6.54 Å². The van der Waals surface area contributed by atoms with Crippen LogP contribution in [0.15, 0.2) is 59.5 Å². The average Bonchev–Trinajstić information content (AvgIpc) is 2.99. The van der Waals surface area contributed by atoms with Crippen LogP contribution < -0.4 is 5.56 Å². The van der Waals surface area contributed by atoms with E-state index in [0.717, 1.165) is 25.8 Å². The molecule has 22 heavy (non-hydrogen) atoms. The van der Waals surface area contributed by atoms with Crippen molar-refractivity contribution >= 4 is 5.91 Å². The second-order valence-corrected chi connectivity index (χ2v) is 5.74. The number of aromatic nitrogens is 1. The van der Waals surface area contributed by atoms with Gasteiger partial charge in [-0.1, -0.05) is 36.4 Å². The molecule has 0 radical (unpaired) electrons. The molecule has 0 N–H and O–H groups in total. The third-order valence-corrected chi connectivity index (χ3v) is 4.22. The molecule has 1 atom stereocenters. The standard InChI is InChI=1S/C18H20N2O2/c21-17-10-4-5-11-19(17)14-18(22)20-12-6-9-16(20)13-15-7-2-1-3-8-15/h1-5,7-8,10-11,16H,6,9,12-14H2. The maximum atomic E-state index is 12.5. The van der Waals surface area contributed by atoms with Gasteiger partial charge in [0, 0.05) is 24.8 Å². The summed E-state index contributed by atoms with van der Waals surface area (Å²) in [5.41, 5.74) is 1.12. The molecule has 2 heterocycles. The summed E-state index contributed by atoms with van der Waals surface area (Å²) in [6.07, 6.45) is 4.62. The summed E-state index contributed by atoms with van der Waals surface area (Å²) >= 11 is 0. The number of benzene rings is 1. The van der Waals surface area contributed by atoms with E-state index >= 15 is 0 Å². The normalized spacial score (nSPS) is 17.6. The summed E-state index contributed by atoms with van der Waals surface area (Å²) in [4.78, 5) is 26.2. The van der Waals surface area contributed by atoms with Gasteiger partial charge in [-0.15, -0.1) is 0 Å². The van der Waals surface area contributed by atoms with Crippen LogP contribution in [-0.2, 0) is 17.8 Å². The molecule has 4 heteroatoms. The Kier molecular flexibility index (Phi) is 4.37. The van der Waals surface area contributed by atoms with Gasteiger partial charge in [-0.05, 0) is 30.9 Å². The molecule has 1 unspecified atom stereocenters. The Balaban J connectivity index is 1.69. The third-order valence-electron chi connectivity index (χ3n) is 4.22. The summed E-state index contributed by atoms with van der Waals surface area (Å²) in [5, 5.41) is 0. The largest absolute Gasteiger partial charge is 0.338 e. The minimum atomic E-state index is -0.130. The van der Waals surface area contributed by atoms with Gasteiger partial charge in [0.2, 0.25) is 5.91 Å². The fourth-order valence-corrected chi connectivity index (χ4v) is 3.09. The molecular formula is C18H20N2O2. The van der Waals surface area contributed by atoms with Gasteiger partial charge in [-0.2, -0.15) is 0 Å². The average molecular weight is 296 g/mol. The summed E-state index contributed by atoms with van der Waals surface area (Å²) < 4.78 is 1.47. The van der Waals surface area contributed by atoms with Crippen LogP contribution in [0.3, 0.4) is 0 Å². The SMILES string of the molecule is O=C(Cn1ccccc1=O)N1CCCC1Cc1ccccc1. The fraction of sp³-hybridized carbons (Fsp3) is 0.333. The molecule has 0 bridgehead atoms. The number of nitrogens with zero attached hydrogens (tertiary/aromatic N) is 2. The number of hydrogen-bond acceptors (Lipinski definition) is 2. The first-order valence-corrected chi connectivity index (χ1v) is 7.73. The Labute approximate surface area is 130 Å². The zero-order valence-electron chi connectivity index (χ0n) is 12.5. The molecule has 4 nitrogen and oxygen atoms in total. The first-order valence-electron chi connectivity index (χ1n) is 7.73. The molecule has 2 aromatic rings. The highest BCUT2D eigenvalue weighted by molar-refractivity contribution is 5.76. The van der Waals surface area contributed by atoms with E-state index in [2.05, 4.69) is 12.1 Å². The lowest BCUT2D eigenvalue weighted by molar-refractivity contribution is -0.132. The van der Waals surface area contributed by atoms with E-state index in [1.807, 2.05) is 23.1 Å². The first kappa shape index (κ1) is 14.6. The van der Waals surface area contributed by atoms with Crippen molar-refractivity contribution in [3.63, 3.8) is 0 Å². The van der Waals surface area contributed by atoms with Crippen molar-refractivity contribution < 1.29 is 4.79 Å². The van der Waals surface area contributed by atoms with Crippen molar-refractivity contribution in [1.29, 1.82) is 0 Å². The second kappa shape index (κ2) is 6.60. The van der Waals surface area contributed by atoms with E-state index in [0.29, 0.717) is 0 Å². The zero-order chi connectivity index (χ0) is 15.4. The first-order chi connectivity index (χ1) is 10.7. The Morgan fingerprint density at radius 2 is 1.86 bits per heavy atom. The van der Waals surface area contributed by atoms with Gasteiger partial charge >= 0.3 is 0 Å². The maximum Gasteiger partial charge on any atom is 0.250 e. The molecule has 0 spiro atoms. The van der Waals surface area contributed by atoms with Crippen LogP contribution in [0.4, 0.5) is 0 Å². The smallest absolute Gasteiger partial charge is 0.250 e. The van der Waals surface area contributed by atoms with Crippen molar-refractivity contribution in [2.24, 2.45) is 0 Å². The highest BCUT2D eigenvalue weighted by atomic mass is 16.2. The molecular weight excluding hydrogens is 276 g/mol. The molecule has 1 fully saturated rings. The van der Waals surface area contributed by atoms with Crippen LogP contribution >= 0.6 is 0 Å². The molecule has 1 aromatic carbocycles. The highest BCUT2D eigenvalue weighted by Crippen LogP contribution is 2.21. The van der Waals surface area contributed by atoms with Gasteiger partial charge in [0.05, 0.1) is 0 Å². The van der Waals surface area contributed by atoms with E-state index in [9.17, 15) is 9.59 Å². The third kappa shape index (κ3) is 3.27. The number of carbonyl (C=O) groups excluding carboxylic acids is 1. The number of pyridine rings is 1. The van der Waals surface area contributed by atoms with Crippen molar-refractivity contribution in [2.75, 3.05) is 6.54 Å². The lowest BCUT2D eigenvalue weighted by Gasteiger charge is -2.25. The van der Waals surface area contributed by atoms with E-state index in [-0.39, 0.29) is 24.1 Å². The Morgan fingerprint density at radius 1 is 1.09 bits per heavy atom. The molecule has 114 valence electrons. The fourth-order valence-electron chi connectivity index (χ4n) is 3.09. The second-order valence-electron chi connectivity index (χ2n) is 5.74. The topological polar surface area (TPSA) is 42.3 Å². The van der Waals surface area contributed by atoms with Crippen molar-refractivity contribution in [3.8, 4) is 0 Å². The molecule has 1 aliphatic rings. The number of amides is 1. The van der Waals surface area contributed by atoms with Crippen LogP contribution in [0.2, 0.25) is 0 Å². The number of likely N-dealkylation sites (tertiary alicyclic amines) is 1. The van der Waals surface area contributed by atoms with Crippen molar-refractivity contribution in [2.45, 2.75) is 31.8 Å². The molecule has 1 saturated heterocycles. The maximum absolute atomic E-state index is 12.5. The molecule has 1 aliphatic heterocycles. The van der Waals surface area contributed by atoms with Crippen LogP contribution in [0.5, 0.6) is 0 Å². The molecule has 0 aliphatic carbocycles. The monoisotopic (exact) mass is 296 g/mol. The summed E-state index contributed by atoms with van der Waals surface area (Å²) in [6.45, 7) is 0.920. The summed E-state index contributed by atoms with van der Waals surface area (Å²) in [6, 6.07) is 15.5. The lowest BCUT2D eigenvalue weighted by Crippen LogP contribution is -2.40.